The monoisotopic (exact) mass is 344 g/mol. The molecular formula is C16H20N6OS. The van der Waals surface area contributed by atoms with E-state index in [4.69, 9.17) is 0 Å². The summed E-state index contributed by atoms with van der Waals surface area (Å²) in [6.07, 6.45) is 1.65. The summed E-state index contributed by atoms with van der Waals surface area (Å²) in [5, 5.41) is 8.12. The minimum Gasteiger partial charge on any atom is -0.349 e. The molecule has 7 nitrogen and oxygen atoms in total. The van der Waals surface area contributed by atoms with Crippen molar-refractivity contribution in [1.29, 1.82) is 0 Å². The average Bonchev–Trinajstić information content (AvgIpc) is 3.10. The molecule has 0 bridgehead atoms. The number of fused-ring (bicyclic) bond motifs is 1. The van der Waals surface area contributed by atoms with E-state index in [0.29, 0.717) is 18.7 Å². The molecule has 0 spiro atoms. The van der Waals surface area contributed by atoms with Gasteiger partial charge in [0.1, 0.15) is 0 Å². The van der Waals surface area contributed by atoms with Crippen LogP contribution in [0.15, 0.2) is 6.07 Å². The summed E-state index contributed by atoms with van der Waals surface area (Å²) in [5.41, 5.74) is 2.89. The van der Waals surface area contributed by atoms with E-state index in [1.165, 1.54) is 4.88 Å². The van der Waals surface area contributed by atoms with Crippen LogP contribution in [0.1, 0.15) is 44.5 Å². The van der Waals surface area contributed by atoms with Crippen LogP contribution in [0.4, 0.5) is 0 Å². The highest BCUT2D eigenvalue weighted by Crippen LogP contribution is 2.18. The standard InChI is InChI=1S/C16H20N6OS/c1-5-12-11(4)24-13(19-12)6-7-17-15(23)14-20-16-18-9(2)8-10(3)22(16)21-14/h8H,5-7H2,1-4H3,(H,17,23). The number of hydrogen-bond acceptors (Lipinski definition) is 6. The van der Waals surface area contributed by atoms with Gasteiger partial charge in [0.05, 0.1) is 10.7 Å². The Labute approximate surface area is 144 Å². The molecule has 1 N–H and O–H groups in total. The number of rotatable bonds is 5. The van der Waals surface area contributed by atoms with E-state index >= 15 is 0 Å². The predicted molar refractivity (Wildman–Crippen MR) is 92.5 cm³/mol. The van der Waals surface area contributed by atoms with Crippen LogP contribution in [0.5, 0.6) is 0 Å². The summed E-state index contributed by atoms with van der Waals surface area (Å²) in [6, 6.07) is 1.90. The summed E-state index contributed by atoms with van der Waals surface area (Å²) >= 11 is 1.69. The number of aromatic nitrogens is 5. The van der Waals surface area contributed by atoms with Crippen molar-refractivity contribution < 1.29 is 4.79 Å². The van der Waals surface area contributed by atoms with Crippen LogP contribution in [0.2, 0.25) is 0 Å². The molecule has 3 heterocycles. The van der Waals surface area contributed by atoms with E-state index in [-0.39, 0.29) is 11.7 Å². The van der Waals surface area contributed by atoms with Crippen molar-refractivity contribution in [3.63, 3.8) is 0 Å². The minimum absolute atomic E-state index is 0.140. The van der Waals surface area contributed by atoms with Gasteiger partial charge in [0.15, 0.2) is 0 Å². The highest BCUT2D eigenvalue weighted by atomic mass is 32.1. The molecule has 0 unspecified atom stereocenters. The molecule has 3 rings (SSSR count). The lowest BCUT2D eigenvalue weighted by molar-refractivity contribution is 0.0944. The van der Waals surface area contributed by atoms with Gasteiger partial charge in [0, 0.05) is 29.2 Å². The van der Waals surface area contributed by atoms with Gasteiger partial charge >= 0.3 is 0 Å². The van der Waals surface area contributed by atoms with Crippen molar-refractivity contribution in [2.24, 2.45) is 0 Å². The molecule has 0 saturated carbocycles. The Morgan fingerprint density at radius 1 is 1.25 bits per heavy atom. The zero-order valence-electron chi connectivity index (χ0n) is 14.3. The Balaban J connectivity index is 1.65. The molecule has 0 aromatic carbocycles. The first-order valence-corrected chi connectivity index (χ1v) is 8.74. The molecule has 0 saturated heterocycles. The van der Waals surface area contributed by atoms with E-state index in [1.807, 2.05) is 19.9 Å². The van der Waals surface area contributed by atoms with Crippen molar-refractivity contribution in [2.45, 2.75) is 40.5 Å². The van der Waals surface area contributed by atoms with Crippen LogP contribution in [0.25, 0.3) is 5.78 Å². The number of nitrogens with one attached hydrogen (secondary N) is 1. The Hall–Kier alpha value is -2.35. The van der Waals surface area contributed by atoms with E-state index in [1.54, 1.807) is 15.9 Å². The fourth-order valence-electron chi connectivity index (χ4n) is 2.55. The number of carbonyl (C=O) groups excluding carboxylic acids is 1. The van der Waals surface area contributed by atoms with Crippen molar-refractivity contribution in [1.82, 2.24) is 29.9 Å². The first-order chi connectivity index (χ1) is 11.5. The van der Waals surface area contributed by atoms with Crippen LogP contribution in [0.3, 0.4) is 0 Å². The fourth-order valence-corrected chi connectivity index (χ4v) is 3.57. The van der Waals surface area contributed by atoms with Crippen LogP contribution >= 0.6 is 11.3 Å². The maximum absolute atomic E-state index is 12.2. The van der Waals surface area contributed by atoms with Crippen molar-refractivity contribution in [2.75, 3.05) is 6.54 Å². The largest absolute Gasteiger partial charge is 0.349 e. The summed E-state index contributed by atoms with van der Waals surface area (Å²) in [5.74, 6) is 0.295. The second kappa shape index (κ2) is 6.64. The number of nitrogens with zero attached hydrogens (tertiary/aromatic N) is 5. The molecule has 0 fully saturated rings. The van der Waals surface area contributed by atoms with Crippen molar-refractivity contribution in [3.8, 4) is 0 Å². The van der Waals surface area contributed by atoms with Gasteiger partial charge in [0.25, 0.3) is 11.7 Å². The lowest BCUT2D eigenvalue weighted by Gasteiger charge is -2.00. The summed E-state index contributed by atoms with van der Waals surface area (Å²) in [4.78, 5) is 26.6. The van der Waals surface area contributed by atoms with Gasteiger partial charge in [-0.05, 0) is 33.3 Å². The molecule has 0 atom stereocenters. The van der Waals surface area contributed by atoms with Gasteiger partial charge in [0.2, 0.25) is 5.82 Å². The van der Waals surface area contributed by atoms with Crippen LogP contribution in [0, 0.1) is 20.8 Å². The molecular weight excluding hydrogens is 324 g/mol. The number of amides is 1. The maximum atomic E-state index is 12.2. The summed E-state index contributed by atoms with van der Waals surface area (Å²) in [7, 11) is 0. The molecule has 0 radical (unpaired) electrons. The second-order valence-corrected chi connectivity index (χ2v) is 6.94. The molecule has 0 aliphatic rings. The third-order valence-corrected chi connectivity index (χ3v) is 4.79. The molecule has 0 aliphatic heterocycles. The molecule has 3 aromatic heterocycles. The van der Waals surface area contributed by atoms with Crippen molar-refractivity contribution >= 4 is 23.0 Å². The topological polar surface area (TPSA) is 85.1 Å². The van der Waals surface area contributed by atoms with Crippen LogP contribution in [-0.4, -0.2) is 37.0 Å². The summed E-state index contributed by atoms with van der Waals surface area (Å²) in [6.45, 7) is 8.49. The molecule has 126 valence electrons. The third kappa shape index (κ3) is 3.28. The number of aryl methyl sites for hydroxylation is 4. The Morgan fingerprint density at radius 2 is 2.04 bits per heavy atom. The van der Waals surface area contributed by atoms with Crippen molar-refractivity contribution in [3.05, 3.63) is 38.9 Å². The Morgan fingerprint density at radius 3 is 2.75 bits per heavy atom. The second-order valence-electron chi connectivity index (χ2n) is 5.66. The Kier molecular flexibility index (Phi) is 4.57. The SMILES string of the molecule is CCc1nc(CCNC(=O)c2nc3nc(C)cc(C)n3n2)sc1C. The molecule has 1 amide bonds. The lowest BCUT2D eigenvalue weighted by Crippen LogP contribution is -2.26. The van der Waals surface area contributed by atoms with E-state index in [2.05, 4.69) is 39.2 Å². The molecule has 3 aromatic rings. The molecule has 24 heavy (non-hydrogen) atoms. The van der Waals surface area contributed by atoms with Gasteiger partial charge in [-0.3, -0.25) is 4.79 Å². The minimum atomic E-state index is -0.290. The van der Waals surface area contributed by atoms with Gasteiger partial charge in [-0.25, -0.2) is 14.5 Å². The Bertz CT molecular complexity index is 897. The lowest BCUT2D eigenvalue weighted by atomic mass is 10.3. The smallest absolute Gasteiger partial charge is 0.291 e. The third-order valence-electron chi connectivity index (χ3n) is 3.72. The molecule has 0 aliphatic carbocycles. The highest BCUT2D eigenvalue weighted by Gasteiger charge is 2.15. The number of hydrogen-bond donors (Lipinski definition) is 1. The quantitative estimate of drug-likeness (QED) is 0.765. The van der Waals surface area contributed by atoms with Gasteiger partial charge < -0.3 is 5.32 Å². The van der Waals surface area contributed by atoms with Crippen LogP contribution < -0.4 is 5.32 Å². The average molecular weight is 344 g/mol. The summed E-state index contributed by atoms with van der Waals surface area (Å²) < 4.78 is 1.58. The first-order valence-electron chi connectivity index (χ1n) is 7.92. The molecule has 8 heteroatoms. The van der Waals surface area contributed by atoms with Gasteiger partial charge in [-0.1, -0.05) is 6.92 Å². The van der Waals surface area contributed by atoms with E-state index < -0.39 is 0 Å². The van der Waals surface area contributed by atoms with Gasteiger partial charge in [-0.2, -0.15) is 4.98 Å². The number of thiazole rings is 1. The fraction of sp³-hybridized carbons (Fsp3) is 0.438. The normalized spacial score (nSPS) is 11.2. The van der Waals surface area contributed by atoms with Crippen LogP contribution in [-0.2, 0) is 12.8 Å². The highest BCUT2D eigenvalue weighted by molar-refractivity contribution is 7.11. The van der Waals surface area contributed by atoms with E-state index in [0.717, 1.165) is 28.5 Å². The zero-order valence-corrected chi connectivity index (χ0v) is 15.1. The predicted octanol–water partition coefficient (Wildman–Crippen LogP) is 2.04. The number of carbonyl (C=O) groups is 1. The zero-order chi connectivity index (χ0) is 17.3. The van der Waals surface area contributed by atoms with E-state index in [9.17, 15) is 4.79 Å². The first kappa shape index (κ1) is 16.5. The van der Waals surface area contributed by atoms with Gasteiger partial charge in [-0.15, -0.1) is 16.4 Å². The maximum Gasteiger partial charge on any atom is 0.291 e.